The van der Waals surface area contributed by atoms with Gasteiger partial charge in [-0.25, -0.2) is 4.98 Å². The summed E-state index contributed by atoms with van der Waals surface area (Å²) in [7, 11) is 3.21. The van der Waals surface area contributed by atoms with Gasteiger partial charge in [-0.3, -0.25) is 0 Å². The number of ether oxygens (including phenoxy) is 2. The van der Waals surface area contributed by atoms with E-state index in [0.717, 1.165) is 17.1 Å². The summed E-state index contributed by atoms with van der Waals surface area (Å²) in [4.78, 5) is 8.66. The largest absolute Gasteiger partial charge is 0.497 e. The molecule has 0 bridgehead atoms. The maximum absolute atomic E-state index is 6.13. The Morgan fingerprint density at radius 2 is 1.64 bits per heavy atom. The average molecular weight is 357 g/mol. The molecule has 0 aliphatic rings. The van der Waals surface area contributed by atoms with Gasteiger partial charge in [-0.2, -0.15) is 4.98 Å². The Bertz CT molecular complexity index is 856. The first kappa shape index (κ1) is 16.9. The van der Waals surface area contributed by atoms with E-state index >= 15 is 0 Å². The highest BCUT2D eigenvalue weighted by Crippen LogP contribution is 2.28. The minimum Gasteiger partial charge on any atom is -0.497 e. The molecule has 0 radical (unpaired) electrons. The summed E-state index contributed by atoms with van der Waals surface area (Å²) in [6.45, 7) is 0. The zero-order valence-corrected chi connectivity index (χ0v) is 14.5. The Balaban J connectivity index is 1.73. The van der Waals surface area contributed by atoms with Crippen LogP contribution >= 0.6 is 11.6 Å². The van der Waals surface area contributed by atoms with Gasteiger partial charge < -0.3 is 20.1 Å². The number of hydrogen-bond donors (Lipinski definition) is 2. The van der Waals surface area contributed by atoms with E-state index in [0.29, 0.717) is 22.5 Å². The number of rotatable bonds is 6. The van der Waals surface area contributed by atoms with Gasteiger partial charge in [-0.05, 0) is 48.5 Å². The third-order valence-electron chi connectivity index (χ3n) is 3.43. The Morgan fingerprint density at radius 3 is 2.32 bits per heavy atom. The first-order valence-corrected chi connectivity index (χ1v) is 7.90. The number of hydrogen-bond acceptors (Lipinski definition) is 6. The van der Waals surface area contributed by atoms with E-state index < -0.39 is 0 Å². The molecule has 0 aliphatic heterocycles. The second kappa shape index (κ2) is 7.72. The molecule has 1 aromatic heterocycles. The van der Waals surface area contributed by atoms with Crippen LogP contribution < -0.4 is 20.1 Å². The molecule has 25 heavy (non-hydrogen) atoms. The van der Waals surface area contributed by atoms with Crippen LogP contribution in [-0.4, -0.2) is 24.2 Å². The maximum atomic E-state index is 6.13. The Hall–Kier alpha value is -2.99. The van der Waals surface area contributed by atoms with Gasteiger partial charge in [-0.1, -0.05) is 11.6 Å². The molecular formula is C18H17ClN4O2. The molecule has 3 aromatic rings. The molecule has 0 aliphatic carbocycles. The topological polar surface area (TPSA) is 68.3 Å². The molecule has 0 saturated carbocycles. The Labute approximate surface area is 150 Å². The van der Waals surface area contributed by atoms with Crippen molar-refractivity contribution in [2.45, 2.75) is 0 Å². The van der Waals surface area contributed by atoms with Gasteiger partial charge >= 0.3 is 0 Å². The van der Waals surface area contributed by atoms with Crippen LogP contribution in [0, 0.1) is 0 Å². The van der Waals surface area contributed by atoms with E-state index in [1.54, 1.807) is 38.6 Å². The van der Waals surface area contributed by atoms with Crippen molar-refractivity contribution in [1.29, 1.82) is 0 Å². The highest BCUT2D eigenvalue weighted by Gasteiger charge is 2.05. The van der Waals surface area contributed by atoms with Gasteiger partial charge in [0.15, 0.2) is 0 Å². The summed E-state index contributed by atoms with van der Waals surface area (Å²) < 4.78 is 10.3. The number of methoxy groups -OCH3 is 2. The Kier molecular flexibility index (Phi) is 5.20. The van der Waals surface area contributed by atoms with Crippen molar-refractivity contribution in [3.8, 4) is 11.5 Å². The molecule has 1 heterocycles. The first-order valence-electron chi connectivity index (χ1n) is 7.52. The lowest BCUT2D eigenvalue weighted by Crippen LogP contribution is -2.00. The van der Waals surface area contributed by atoms with Crippen molar-refractivity contribution in [2.75, 3.05) is 24.9 Å². The molecule has 128 valence electrons. The van der Waals surface area contributed by atoms with Crippen molar-refractivity contribution in [3.05, 3.63) is 59.8 Å². The predicted octanol–water partition coefficient (Wildman–Crippen LogP) is 4.63. The van der Waals surface area contributed by atoms with Crippen LogP contribution in [0.2, 0.25) is 5.02 Å². The molecule has 0 atom stereocenters. The van der Waals surface area contributed by atoms with Crippen LogP contribution in [0.25, 0.3) is 0 Å². The number of benzene rings is 2. The summed E-state index contributed by atoms with van der Waals surface area (Å²) in [6.07, 6.45) is 1.67. The lowest BCUT2D eigenvalue weighted by molar-refractivity contribution is 0.415. The molecule has 0 amide bonds. The van der Waals surface area contributed by atoms with Crippen LogP contribution in [0.3, 0.4) is 0 Å². The monoisotopic (exact) mass is 356 g/mol. The van der Waals surface area contributed by atoms with E-state index in [4.69, 9.17) is 21.1 Å². The van der Waals surface area contributed by atoms with E-state index in [1.165, 1.54) is 0 Å². The van der Waals surface area contributed by atoms with Gasteiger partial charge in [0.1, 0.15) is 17.3 Å². The standard InChI is InChI=1S/C18H17ClN4O2/c1-24-14-6-3-12(4-7-14)21-17-9-10-20-18(23-17)22-13-5-8-16(25-2)15(19)11-13/h3-11H,1-2H3,(H2,20,21,22,23). The lowest BCUT2D eigenvalue weighted by atomic mass is 10.3. The minimum atomic E-state index is 0.458. The molecule has 6 nitrogen and oxygen atoms in total. The van der Waals surface area contributed by atoms with Crippen LogP contribution in [0.15, 0.2) is 54.7 Å². The summed E-state index contributed by atoms with van der Waals surface area (Å²) in [5.41, 5.74) is 1.67. The fourth-order valence-corrected chi connectivity index (χ4v) is 2.44. The molecule has 7 heteroatoms. The van der Waals surface area contributed by atoms with Gasteiger partial charge in [-0.15, -0.1) is 0 Å². The molecule has 0 saturated heterocycles. The second-order valence-electron chi connectivity index (χ2n) is 5.09. The zero-order chi connectivity index (χ0) is 17.6. The number of aromatic nitrogens is 2. The molecule has 2 N–H and O–H groups in total. The van der Waals surface area contributed by atoms with Crippen molar-refractivity contribution < 1.29 is 9.47 Å². The van der Waals surface area contributed by atoms with E-state index in [1.807, 2.05) is 30.3 Å². The lowest BCUT2D eigenvalue weighted by Gasteiger charge is -2.10. The summed E-state index contributed by atoms with van der Waals surface area (Å²) in [6, 6.07) is 14.8. The summed E-state index contributed by atoms with van der Waals surface area (Å²) in [5.74, 6) is 2.54. The second-order valence-corrected chi connectivity index (χ2v) is 5.50. The molecule has 0 spiro atoms. The summed E-state index contributed by atoms with van der Waals surface area (Å²) in [5, 5.41) is 6.85. The number of anilines is 4. The van der Waals surface area contributed by atoms with Crippen molar-refractivity contribution in [2.24, 2.45) is 0 Å². The van der Waals surface area contributed by atoms with Gasteiger partial charge in [0.25, 0.3) is 0 Å². The average Bonchev–Trinajstić information content (AvgIpc) is 2.63. The number of nitrogens with one attached hydrogen (secondary N) is 2. The fourth-order valence-electron chi connectivity index (χ4n) is 2.18. The van der Waals surface area contributed by atoms with Gasteiger partial charge in [0.2, 0.25) is 5.95 Å². The van der Waals surface area contributed by atoms with Gasteiger partial charge in [0, 0.05) is 17.6 Å². The van der Waals surface area contributed by atoms with Crippen molar-refractivity contribution in [1.82, 2.24) is 9.97 Å². The first-order chi connectivity index (χ1) is 12.2. The minimum absolute atomic E-state index is 0.458. The van der Waals surface area contributed by atoms with Crippen molar-refractivity contribution >= 4 is 34.7 Å². The van der Waals surface area contributed by atoms with Gasteiger partial charge in [0.05, 0.1) is 19.2 Å². The Morgan fingerprint density at radius 1 is 0.880 bits per heavy atom. The SMILES string of the molecule is COc1ccc(Nc2ccnc(Nc3ccc(OC)c(Cl)c3)n2)cc1. The smallest absolute Gasteiger partial charge is 0.229 e. The number of nitrogens with zero attached hydrogens (tertiary/aromatic N) is 2. The molecule has 2 aromatic carbocycles. The number of halogens is 1. The molecule has 0 unspecified atom stereocenters. The molecule has 3 rings (SSSR count). The van der Waals surface area contributed by atoms with Crippen LogP contribution in [-0.2, 0) is 0 Å². The molecular weight excluding hydrogens is 340 g/mol. The highest BCUT2D eigenvalue weighted by molar-refractivity contribution is 6.32. The zero-order valence-electron chi connectivity index (χ0n) is 13.8. The van der Waals surface area contributed by atoms with Crippen molar-refractivity contribution in [3.63, 3.8) is 0 Å². The van der Waals surface area contributed by atoms with Crippen LogP contribution in [0.1, 0.15) is 0 Å². The normalized spacial score (nSPS) is 10.2. The van der Waals surface area contributed by atoms with E-state index in [-0.39, 0.29) is 0 Å². The quantitative estimate of drug-likeness (QED) is 0.671. The predicted molar refractivity (Wildman–Crippen MR) is 99.6 cm³/mol. The summed E-state index contributed by atoms with van der Waals surface area (Å²) >= 11 is 6.13. The van der Waals surface area contributed by atoms with E-state index in [9.17, 15) is 0 Å². The fraction of sp³-hybridized carbons (Fsp3) is 0.111. The van der Waals surface area contributed by atoms with E-state index in [2.05, 4.69) is 20.6 Å². The third-order valence-corrected chi connectivity index (χ3v) is 3.72. The van der Waals surface area contributed by atoms with Crippen LogP contribution in [0.5, 0.6) is 11.5 Å². The maximum Gasteiger partial charge on any atom is 0.229 e. The molecule has 0 fully saturated rings. The third kappa shape index (κ3) is 4.30. The van der Waals surface area contributed by atoms with Crippen LogP contribution in [0.4, 0.5) is 23.1 Å². The highest BCUT2D eigenvalue weighted by atomic mass is 35.5.